The Balaban J connectivity index is 1.30. The largest absolute Gasteiger partial charge is 0.457 e. The molecule has 4 rings (SSSR count). The van der Waals surface area contributed by atoms with Crippen molar-refractivity contribution in [2.24, 2.45) is 0 Å². The molecular formula is C28H26N2O3. The molecule has 33 heavy (non-hydrogen) atoms. The standard InChI is InChI=1S/C28H26N2O3/c1-19-3-8-24(14-20(2)13-19)28(32)33-18-22-6-4-21(5-7-22)15-27(31)30-26-10-9-25-17-29-12-11-23(25)16-26/h3-13,16-17H,14-15,18H2,1-2H3,(H,30,31). The summed E-state index contributed by atoms with van der Waals surface area (Å²) in [5.41, 5.74) is 5.42. The van der Waals surface area contributed by atoms with Gasteiger partial charge in [-0.2, -0.15) is 0 Å². The molecule has 0 radical (unpaired) electrons. The van der Waals surface area contributed by atoms with Gasteiger partial charge in [0.15, 0.2) is 0 Å². The van der Waals surface area contributed by atoms with Crippen molar-refractivity contribution in [3.05, 3.63) is 107 Å². The van der Waals surface area contributed by atoms with E-state index >= 15 is 0 Å². The van der Waals surface area contributed by atoms with Crippen LogP contribution in [0.2, 0.25) is 0 Å². The summed E-state index contributed by atoms with van der Waals surface area (Å²) in [6, 6.07) is 15.2. The number of fused-ring (bicyclic) bond motifs is 1. The Morgan fingerprint density at radius 2 is 1.76 bits per heavy atom. The molecule has 1 amide bonds. The Kier molecular flexibility index (Phi) is 6.79. The summed E-state index contributed by atoms with van der Waals surface area (Å²) in [6.45, 7) is 4.21. The first-order valence-corrected chi connectivity index (χ1v) is 10.9. The Morgan fingerprint density at radius 3 is 2.58 bits per heavy atom. The van der Waals surface area contributed by atoms with E-state index in [9.17, 15) is 9.59 Å². The third kappa shape index (κ3) is 6.04. The Hall–Kier alpha value is -3.99. The van der Waals surface area contributed by atoms with E-state index in [1.165, 1.54) is 0 Å². The van der Waals surface area contributed by atoms with Crippen LogP contribution < -0.4 is 5.32 Å². The highest BCUT2D eigenvalue weighted by atomic mass is 16.5. The van der Waals surface area contributed by atoms with Crippen LogP contribution in [0.3, 0.4) is 0 Å². The second-order valence-corrected chi connectivity index (χ2v) is 8.33. The van der Waals surface area contributed by atoms with Gasteiger partial charge in [0.05, 0.1) is 6.42 Å². The van der Waals surface area contributed by atoms with Crippen molar-refractivity contribution in [2.75, 3.05) is 5.32 Å². The zero-order valence-electron chi connectivity index (χ0n) is 18.8. The van der Waals surface area contributed by atoms with Gasteiger partial charge >= 0.3 is 5.97 Å². The van der Waals surface area contributed by atoms with E-state index in [1.807, 2.05) is 74.5 Å². The van der Waals surface area contributed by atoms with E-state index in [0.29, 0.717) is 12.0 Å². The topological polar surface area (TPSA) is 68.3 Å². The first-order valence-electron chi connectivity index (χ1n) is 10.9. The predicted molar refractivity (Wildman–Crippen MR) is 131 cm³/mol. The number of hydrogen-bond acceptors (Lipinski definition) is 4. The Labute approximate surface area is 193 Å². The maximum atomic E-state index is 12.5. The van der Waals surface area contributed by atoms with Crippen molar-refractivity contribution in [1.82, 2.24) is 4.98 Å². The lowest BCUT2D eigenvalue weighted by molar-refractivity contribution is -0.140. The van der Waals surface area contributed by atoms with Gasteiger partial charge in [-0.05, 0) is 48.6 Å². The van der Waals surface area contributed by atoms with Gasteiger partial charge in [0.1, 0.15) is 6.61 Å². The van der Waals surface area contributed by atoms with Gasteiger partial charge in [-0.1, -0.05) is 59.7 Å². The van der Waals surface area contributed by atoms with Gasteiger partial charge in [-0.15, -0.1) is 0 Å². The number of esters is 1. The van der Waals surface area contributed by atoms with Crippen LogP contribution in [-0.2, 0) is 27.4 Å². The fourth-order valence-electron chi connectivity index (χ4n) is 3.77. The maximum Gasteiger partial charge on any atom is 0.334 e. The predicted octanol–water partition coefficient (Wildman–Crippen LogP) is 5.68. The van der Waals surface area contributed by atoms with Gasteiger partial charge < -0.3 is 10.1 Å². The molecule has 5 nitrogen and oxygen atoms in total. The van der Waals surface area contributed by atoms with E-state index in [1.54, 1.807) is 12.4 Å². The van der Waals surface area contributed by atoms with Gasteiger partial charge in [0, 0.05) is 35.5 Å². The zero-order valence-corrected chi connectivity index (χ0v) is 18.8. The highest BCUT2D eigenvalue weighted by Gasteiger charge is 2.13. The molecule has 0 atom stereocenters. The average molecular weight is 439 g/mol. The molecule has 0 unspecified atom stereocenters. The molecular weight excluding hydrogens is 412 g/mol. The van der Waals surface area contributed by atoms with E-state index in [2.05, 4.69) is 16.4 Å². The number of ether oxygens (including phenoxy) is 1. The number of nitrogens with one attached hydrogen (secondary N) is 1. The van der Waals surface area contributed by atoms with E-state index in [4.69, 9.17) is 4.74 Å². The number of carbonyl (C=O) groups is 2. The van der Waals surface area contributed by atoms with Crippen molar-refractivity contribution in [3.63, 3.8) is 0 Å². The molecule has 3 aromatic rings. The molecule has 1 heterocycles. The van der Waals surface area contributed by atoms with Crippen molar-refractivity contribution in [3.8, 4) is 0 Å². The number of nitrogens with zero attached hydrogens (tertiary/aromatic N) is 1. The molecule has 166 valence electrons. The molecule has 1 aliphatic rings. The molecule has 0 saturated heterocycles. The van der Waals surface area contributed by atoms with Crippen LogP contribution in [0.25, 0.3) is 10.8 Å². The number of carbonyl (C=O) groups excluding carboxylic acids is 2. The van der Waals surface area contributed by atoms with E-state index in [-0.39, 0.29) is 24.9 Å². The first-order chi connectivity index (χ1) is 16.0. The second-order valence-electron chi connectivity index (χ2n) is 8.33. The van der Waals surface area contributed by atoms with E-state index < -0.39 is 0 Å². The second kappa shape index (κ2) is 10.1. The van der Waals surface area contributed by atoms with Gasteiger partial charge in [-0.25, -0.2) is 4.79 Å². The molecule has 2 aromatic carbocycles. The third-order valence-electron chi connectivity index (χ3n) is 5.43. The molecule has 1 N–H and O–H groups in total. The number of aromatic nitrogens is 1. The van der Waals surface area contributed by atoms with Gasteiger partial charge in [0.2, 0.25) is 5.91 Å². The van der Waals surface area contributed by atoms with Crippen LogP contribution in [0.15, 0.2) is 95.9 Å². The highest BCUT2D eigenvalue weighted by Crippen LogP contribution is 2.20. The molecule has 0 saturated carbocycles. The summed E-state index contributed by atoms with van der Waals surface area (Å²) < 4.78 is 5.49. The molecule has 0 aliphatic heterocycles. The Bertz CT molecular complexity index is 1280. The minimum atomic E-state index is -0.302. The smallest absolute Gasteiger partial charge is 0.334 e. The number of hydrogen-bond donors (Lipinski definition) is 1. The minimum Gasteiger partial charge on any atom is -0.457 e. The summed E-state index contributed by atoms with van der Waals surface area (Å²) in [5.74, 6) is -0.391. The number of allylic oxidation sites excluding steroid dienone is 5. The molecule has 1 aromatic heterocycles. The van der Waals surface area contributed by atoms with Crippen LogP contribution in [0.4, 0.5) is 5.69 Å². The lowest BCUT2D eigenvalue weighted by Crippen LogP contribution is -2.14. The summed E-state index contributed by atoms with van der Waals surface area (Å²) in [7, 11) is 0. The number of rotatable bonds is 6. The lowest BCUT2D eigenvalue weighted by atomic mass is 10.1. The fourth-order valence-corrected chi connectivity index (χ4v) is 3.77. The summed E-state index contributed by atoms with van der Waals surface area (Å²) in [6.07, 6.45) is 10.2. The summed E-state index contributed by atoms with van der Waals surface area (Å²) in [5, 5.41) is 5.00. The molecule has 5 heteroatoms. The van der Waals surface area contributed by atoms with Crippen LogP contribution in [0.5, 0.6) is 0 Å². The summed E-state index contributed by atoms with van der Waals surface area (Å²) in [4.78, 5) is 29.0. The number of amides is 1. The maximum absolute atomic E-state index is 12.5. The van der Waals surface area contributed by atoms with Gasteiger partial charge in [0.25, 0.3) is 0 Å². The minimum absolute atomic E-state index is 0.0883. The highest BCUT2D eigenvalue weighted by molar-refractivity contribution is 5.95. The zero-order chi connectivity index (χ0) is 23.2. The quantitative estimate of drug-likeness (QED) is 0.503. The van der Waals surface area contributed by atoms with Gasteiger partial charge in [-0.3, -0.25) is 9.78 Å². The van der Waals surface area contributed by atoms with Crippen molar-refractivity contribution >= 4 is 28.3 Å². The molecule has 0 fully saturated rings. The van der Waals surface area contributed by atoms with Crippen molar-refractivity contribution in [2.45, 2.75) is 33.3 Å². The molecule has 0 bridgehead atoms. The number of pyridine rings is 1. The van der Waals surface area contributed by atoms with Crippen LogP contribution in [0, 0.1) is 0 Å². The normalized spacial score (nSPS) is 13.5. The number of benzene rings is 2. The third-order valence-corrected chi connectivity index (χ3v) is 5.43. The molecule has 1 aliphatic carbocycles. The average Bonchev–Trinajstić information content (AvgIpc) is 2.98. The fraction of sp³-hybridized carbons (Fsp3) is 0.179. The SMILES string of the molecule is CC1=CC=C(C(=O)OCc2ccc(CC(=O)Nc3ccc4cnccc4c3)cc2)CC(C)=C1. The lowest BCUT2D eigenvalue weighted by Gasteiger charge is -2.09. The van der Waals surface area contributed by atoms with Crippen molar-refractivity contribution < 1.29 is 14.3 Å². The molecule has 0 spiro atoms. The Morgan fingerprint density at radius 1 is 0.970 bits per heavy atom. The van der Waals surface area contributed by atoms with Crippen LogP contribution in [0.1, 0.15) is 31.4 Å². The first kappa shape index (κ1) is 22.2. The van der Waals surface area contributed by atoms with E-state index in [0.717, 1.165) is 38.7 Å². The summed E-state index contributed by atoms with van der Waals surface area (Å²) >= 11 is 0. The number of anilines is 1. The van der Waals surface area contributed by atoms with Crippen LogP contribution >= 0.6 is 0 Å². The monoisotopic (exact) mass is 438 g/mol. The van der Waals surface area contributed by atoms with Crippen molar-refractivity contribution in [1.29, 1.82) is 0 Å². The van der Waals surface area contributed by atoms with Crippen LogP contribution in [-0.4, -0.2) is 16.9 Å².